The Morgan fingerprint density at radius 1 is 1.30 bits per heavy atom. The maximum atomic E-state index is 12.8. The minimum Gasteiger partial charge on any atom is -0.475 e. The number of carbonyl (C=O) groups excluding carboxylic acids is 2. The lowest BCUT2D eigenvalue weighted by molar-refractivity contribution is -0.134. The quantitative estimate of drug-likeness (QED) is 0.703. The normalized spacial score (nSPS) is 24.2. The average molecular weight is 399 g/mol. The van der Waals surface area contributed by atoms with Crippen molar-refractivity contribution >= 4 is 27.8 Å². The van der Waals surface area contributed by atoms with Crippen molar-refractivity contribution in [2.75, 3.05) is 20.1 Å². The number of likely N-dealkylation sites (tertiary alicyclic amines) is 1. The molecule has 2 aliphatic rings. The monoisotopic (exact) mass is 399 g/mol. The predicted octanol–water partition coefficient (Wildman–Crippen LogP) is -0.132. The van der Waals surface area contributed by atoms with Gasteiger partial charge in [-0.15, -0.1) is 0 Å². The average Bonchev–Trinajstić information content (AvgIpc) is 3.27. The highest BCUT2D eigenvalue weighted by molar-refractivity contribution is 7.89. The number of nitrogens with zero attached hydrogens (tertiary/aromatic N) is 2. The van der Waals surface area contributed by atoms with E-state index in [1.165, 1.54) is 4.90 Å². The highest BCUT2D eigenvalue weighted by Gasteiger charge is 2.42. The molecule has 10 nitrogen and oxygen atoms in total. The number of hydrogen-bond donors (Lipinski definition) is 2. The van der Waals surface area contributed by atoms with Gasteiger partial charge in [-0.2, -0.15) is 4.31 Å². The number of carboxylic acids is 1. The first-order valence-electron chi connectivity index (χ1n) is 8.59. The summed E-state index contributed by atoms with van der Waals surface area (Å²) < 4.78 is 31.5. The number of likely N-dealkylation sites (N-methyl/N-ethyl adjacent to an activating group) is 1. The van der Waals surface area contributed by atoms with Gasteiger partial charge in [0.25, 0.3) is 10.0 Å². The summed E-state index contributed by atoms with van der Waals surface area (Å²) in [5, 5.41) is 11.2. The van der Waals surface area contributed by atoms with Gasteiger partial charge in [-0.25, -0.2) is 13.2 Å². The minimum atomic E-state index is -4.13. The van der Waals surface area contributed by atoms with Gasteiger partial charge in [-0.3, -0.25) is 9.59 Å². The van der Waals surface area contributed by atoms with Gasteiger partial charge in [0.2, 0.25) is 22.7 Å². The van der Waals surface area contributed by atoms with Crippen LogP contribution in [0, 0.1) is 0 Å². The van der Waals surface area contributed by atoms with E-state index in [1.807, 2.05) is 0 Å². The predicted molar refractivity (Wildman–Crippen MR) is 91.4 cm³/mol. The molecule has 0 saturated carbocycles. The van der Waals surface area contributed by atoms with Crippen LogP contribution in [0.2, 0.25) is 0 Å². The molecule has 2 N–H and O–H groups in total. The number of carbonyl (C=O) groups is 3. The number of amides is 2. The molecular formula is C16H21N3O7S. The lowest BCUT2D eigenvalue weighted by Crippen LogP contribution is -2.53. The zero-order chi connectivity index (χ0) is 19.8. The Labute approximate surface area is 156 Å². The molecule has 2 amide bonds. The molecule has 148 valence electrons. The SMILES string of the molecule is CN1CC(NC(=O)C2CCCN2S(=O)(=O)c2ccc(C(=O)O)o2)CCC1=O. The summed E-state index contributed by atoms with van der Waals surface area (Å²) in [5.41, 5.74) is 0. The maximum absolute atomic E-state index is 12.8. The Morgan fingerprint density at radius 3 is 2.67 bits per heavy atom. The van der Waals surface area contributed by atoms with Gasteiger partial charge < -0.3 is 19.7 Å². The van der Waals surface area contributed by atoms with E-state index in [-0.39, 0.29) is 18.5 Å². The van der Waals surface area contributed by atoms with Gasteiger partial charge in [0, 0.05) is 32.6 Å². The minimum absolute atomic E-state index is 0.0117. The number of furan rings is 1. The Kier molecular flexibility index (Phi) is 5.24. The number of piperidine rings is 1. The van der Waals surface area contributed by atoms with Crippen molar-refractivity contribution in [2.45, 2.75) is 42.9 Å². The summed E-state index contributed by atoms with van der Waals surface area (Å²) in [7, 11) is -2.47. The van der Waals surface area contributed by atoms with E-state index in [1.54, 1.807) is 7.05 Å². The third kappa shape index (κ3) is 3.83. The Balaban J connectivity index is 1.73. The van der Waals surface area contributed by atoms with E-state index in [4.69, 9.17) is 9.52 Å². The summed E-state index contributed by atoms with van der Waals surface area (Å²) in [4.78, 5) is 36.7. The van der Waals surface area contributed by atoms with Gasteiger partial charge >= 0.3 is 5.97 Å². The van der Waals surface area contributed by atoms with Crippen molar-refractivity contribution in [3.8, 4) is 0 Å². The molecule has 2 unspecified atom stereocenters. The molecule has 2 fully saturated rings. The van der Waals surface area contributed by atoms with Gasteiger partial charge in [-0.1, -0.05) is 0 Å². The first kappa shape index (κ1) is 19.4. The molecule has 2 aliphatic heterocycles. The topological polar surface area (TPSA) is 137 Å². The third-order valence-electron chi connectivity index (χ3n) is 4.83. The fourth-order valence-electron chi connectivity index (χ4n) is 3.41. The second-order valence-corrected chi connectivity index (χ2v) is 8.54. The summed E-state index contributed by atoms with van der Waals surface area (Å²) >= 11 is 0. The Bertz CT molecular complexity index is 863. The van der Waals surface area contributed by atoms with Crippen molar-refractivity contribution in [3.05, 3.63) is 17.9 Å². The number of rotatable bonds is 5. The number of sulfonamides is 1. The lowest BCUT2D eigenvalue weighted by Gasteiger charge is -2.31. The van der Waals surface area contributed by atoms with Gasteiger partial charge in [0.15, 0.2) is 0 Å². The van der Waals surface area contributed by atoms with E-state index < -0.39 is 38.8 Å². The van der Waals surface area contributed by atoms with E-state index in [0.717, 1.165) is 16.4 Å². The molecule has 1 aromatic heterocycles. The smallest absolute Gasteiger partial charge is 0.371 e. The lowest BCUT2D eigenvalue weighted by atomic mass is 10.0. The molecule has 0 aliphatic carbocycles. The molecule has 0 radical (unpaired) electrons. The fraction of sp³-hybridized carbons (Fsp3) is 0.562. The van der Waals surface area contributed by atoms with Gasteiger partial charge in [0.1, 0.15) is 6.04 Å². The van der Waals surface area contributed by atoms with Crippen LogP contribution in [-0.4, -0.2) is 72.7 Å². The van der Waals surface area contributed by atoms with Gasteiger partial charge in [-0.05, 0) is 31.4 Å². The molecule has 0 aromatic carbocycles. The first-order valence-corrected chi connectivity index (χ1v) is 10.0. The number of aromatic carboxylic acids is 1. The Morgan fingerprint density at radius 2 is 2.04 bits per heavy atom. The van der Waals surface area contributed by atoms with Crippen molar-refractivity contribution in [2.24, 2.45) is 0 Å². The molecule has 11 heteroatoms. The van der Waals surface area contributed by atoms with Crippen LogP contribution in [-0.2, 0) is 19.6 Å². The van der Waals surface area contributed by atoms with Crippen LogP contribution in [0.1, 0.15) is 36.2 Å². The standard InChI is InChI=1S/C16H21N3O7S/c1-18-9-10(4-6-13(18)20)17-15(21)11-3-2-8-19(11)27(24,25)14-7-5-12(26-14)16(22)23/h5,7,10-11H,2-4,6,8-9H2,1H3,(H,17,21)(H,22,23). The van der Waals surface area contributed by atoms with E-state index in [2.05, 4.69) is 5.32 Å². The van der Waals surface area contributed by atoms with Crippen molar-refractivity contribution < 1.29 is 32.3 Å². The van der Waals surface area contributed by atoms with Crippen LogP contribution < -0.4 is 5.32 Å². The highest BCUT2D eigenvalue weighted by Crippen LogP contribution is 2.27. The van der Waals surface area contributed by atoms with Crippen LogP contribution in [0.3, 0.4) is 0 Å². The van der Waals surface area contributed by atoms with Crippen LogP contribution >= 0.6 is 0 Å². The van der Waals surface area contributed by atoms with Crippen LogP contribution in [0.15, 0.2) is 21.6 Å². The summed E-state index contributed by atoms with van der Waals surface area (Å²) in [5.74, 6) is -2.27. The molecule has 2 saturated heterocycles. The van der Waals surface area contributed by atoms with Crippen LogP contribution in [0.4, 0.5) is 0 Å². The van der Waals surface area contributed by atoms with E-state index in [9.17, 15) is 22.8 Å². The van der Waals surface area contributed by atoms with E-state index >= 15 is 0 Å². The molecule has 3 rings (SSSR count). The second kappa shape index (κ2) is 7.31. The number of nitrogens with one attached hydrogen (secondary N) is 1. The summed E-state index contributed by atoms with van der Waals surface area (Å²) in [6, 6.07) is 1.02. The summed E-state index contributed by atoms with van der Waals surface area (Å²) in [6.45, 7) is 0.525. The van der Waals surface area contributed by atoms with Crippen LogP contribution in [0.25, 0.3) is 0 Å². The zero-order valence-electron chi connectivity index (χ0n) is 14.8. The molecule has 27 heavy (non-hydrogen) atoms. The Hall–Kier alpha value is -2.40. The molecule has 0 bridgehead atoms. The molecule has 0 spiro atoms. The van der Waals surface area contributed by atoms with Crippen molar-refractivity contribution in [1.29, 1.82) is 0 Å². The van der Waals surface area contributed by atoms with Crippen molar-refractivity contribution in [1.82, 2.24) is 14.5 Å². The molecule has 2 atom stereocenters. The third-order valence-corrected chi connectivity index (χ3v) is 6.62. The number of hydrogen-bond acceptors (Lipinski definition) is 6. The molecular weight excluding hydrogens is 378 g/mol. The largest absolute Gasteiger partial charge is 0.475 e. The highest BCUT2D eigenvalue weighted by atomic mass is 32.2. The first-order chi connectivity index (χ1) is 12.7. The summed E-state index contributed by atoms with van der Waals surface area (Å²) in [6.07, 6.45) is 1.71. The maximum Gasteiger partial charge on any atom is 0.371 e. The molecule has 1 aromatic rings. The van der Waals surface area contributed by atoms with Crippen LogP contribution in [0.5, 0.6) is 0 Å². The second-order valence-electron chi connectivity index (χ2n) is 6.72. The zero-order valence-corrected chi connectivity index (χ0v) is 15.6. The van der Waals surface area contributed by atoms with Crippen molar-refractivity contribution in [3.63, 3.8) is 0 Å². The number of carboxylic acid groups (broad SMARTS) is 1. The fourth-order valence-corrected chi connectivity index (χ4v) is 4.98. The molecule has 3 heterocycles. The van der Waals surface area contributed by atoms with E-state index in [0.29, 0.717) is 32.2 Å². The van der Waals surface area contributed by atoms with Gasteiger partial charge in [0.05, 0.1) is 0 Å².